The van der Waals surface area contributed by atoms with Gasteiger partial charge in [0.1, 0.15) is 12.4 Å². The molecule has 1 spiro atoms. The molecule has 2 saturated heterocycles. The summed E-state index contributed by atoms with van der Waals surface area (Å²) < 4.78 is 19.0. The Labute approximate surface area is 166 Å². The van der Waals surface area contributed by atoms with Crippen molar-refractivity contribution in [3.8, 4) is 0 Å². The molecule has 0 radical (unpaired) electrons. The van der Waals surface area contributed by atoms with Crippen molar-refractivity contribution in [2.45, 2.75) is 64.1 Å². The van der Waals surface area contributed by atoms with Crippen LogP contribution in [0.2, 0.25) is 0 Å². The van der Waals surface area contributed by atoms with Crippen molar-refractivity contribution in [3.05, 3.63) is 35.6 Å². The molecular formula is C22H31FN2O3. The van der Waals surface area contributed by atoms with E-state index in [0.717, 1.165) is 38.9 Å². The van der Waals surface area contributed by atoms with Crippen LogP contribution >= 0.6 is 0 Å². The van der Waals surface area contributed by atoms with Gasteiger partial charge in [-0.2, -0.15) is 0 Å². The van der Waals surface area contributed by atoms with Gasteiger partial charge in [0.15, 0.2) is 5.78 Å². The molecule has 154 valence electrons. The van der Waals surface area contributed by atoms with Crippen molar-refractivity contribution in [2.75, 3.05) is 26.2 Å². The minimum Gasteiger partial charge on any atom is -0.363 e. The van der Waals surface area contributed by atoms with Crippen LogP contribution in [0.1, 0.15) is 56.8 Å². The number of hydrogen-bond acceptors (Lipinski definition) is 4. The summed E-state index contributed by atoms with van der Waals surface area (Å²) in [6, 6.07) is 6.01. The van der Waals surface area contributed by atoms with E-state index in [-0.39, 0.29) is 41.8 Å². The summed E-state index contributed by atoms with van der Waals surface area (Å²) in [5, 5.41) is 0. The highest BCUT2D eigenvalue weighted by atomic mass is 19.1. The number of hydrogen-bond donors (Lipinski definition) is 0. The Morgan fingerprint density at radius 3 is 2.50 bits per heavy atom. The average Bonchev–Trinajstić information content (AvgIpc) is 2.67. The molecule has 0 N–H and O–H groups in total. The summed E-state index contributed by atoms with van der Waals surface area (Å²) in [6.07, 6.45) is 3.05. The number of Topliss-reactive ketones (excluding diaryl/α,β-unsaturated/α-hetero) is 1. The molecule has 0 saturated carbocycles. The van der Waals surface area contributed by atoms with Crippen molar-refractivity contribution in [1.82, 2.24) is 9.80 Å². The van der Waals surface area contributed by atoms with E-state index in [1.807, 2.05) is 4.90 Å². The number of morpholine rings is 1. The lowest BCUT2D eigenvalue weighted by Crippen LogP contribution is -2.65. The number of ketones is 1. The molecule has 1 aromatic carbocycles. The van der Waals surface area contributed by atoms with Gasteiger partial charge in [0.05, 0.1) is 11.6 Å². The molecular weight excluding hydrogens is 359 g/mol. The molecule has 2 aliphatic rings. The second kappa shape index (κ2) is 8.70. The van der Waals surface area contributed by atoms with Crippen LogP contribution in [-0.2, 0) is 9.53 Å². The molecule has 0 bridgehead atoms. The molecule has 0 aromatic heterocycles. The number of likely N-dealkylation sites (tertiary alicyclic amines) is 1. The Morgan fingerprint density at radius 2 is 1.89 bits per heavy atom. The number of ether oxygens (including phenoxy) is 1. The first kappa shape index (κ1) is 20.9. The highest BCUT2D eigenvalue weighted by molar-refractivity contribution is 5.95. The molecule has 28 heavy (non-hydrogen) atoms. The van der Waals surface area contributed by atoms with Crippen LogP contribution < -0.4 is 0 Å². The zero-order chi connectivity index (χ0) is 20.3. The highest BCUT2D eigenvalue weighted by Crippen LogP contribution is 2.36. The molecule has 1 atom stereocenters. The lowest BCUT2D eigenvalue weighted by atomic mass is 9.82. The average molecular weight is 390 g/mol. The van der Waals surface area contributed by atoms with E-state index in [9.17, 15) is 14.0 Å². The Hall–Kier alpha value is -1.79. The maximum absolute atomic E-state index is 13.0. The topological polar surface area (TPSA) is 49.9 Å². The molecule has 6 heteroatoms. The minimum absolute atomic E-state index is 0.0591. The number of benzene rings is 1. The van der Waals surface area contributed by atoms with Crippen molar-refractivity contribution < 1.29 is 18.7 Å². The monoisotopic (exact) mass is 390 g/mol. The quantitative estimate of drug-likeness (QED) is 0.700. The molecule has 2 aliphatic heterocycles. The van der Waals surface area contributed by atoms with Crippen LogP contribution in [0.4, 0.5) is 4.39 Å². The number of carbonyl (C=O) groups is 2. The fraction of sp³-hybridized carbons (Fsp3) is 0.636. The van der Waals surface area contributed by atoms with E-state index in [0.29, 0.717) is 12.0 Å². The molecule has 1 unspecified atom stereocenters. The van der Waals surface area contributed by atoms with Gasteiger partial charge in [0, 0.05) is 31.1 Å². The Bertz CT molecular complexity index is 696. The van der Waals surface area contributed by atoms with Crippen molar-refractivity contribution in [2.24, 2.45) is 0 Å². The number of halogens is 1. The van der Waals surface area contributed by atoms with Gasteiger partial charge in [-0.15, -0.1) is 0 Å². The largest absolute Gasteiger partial charge is 0.363 e. The standard InChI is InChI=1S/C22H31FN2O3/c1-16(2)25-17(3)22(28-15-21(25)27)10-13-24(14-11-22)12-4-5-20(26)18-6-8-19(23)9-7-18/h6-9,16-17H,4-5,10-15H2,1-3H3. The number of carbonyl (C=O) groups excluding carboxylic acids is 2. The van der Waals surface area contributed by atoms with Crippen LogP contribution in [-0.4, -0.2) is 65.4 Å². The van der Waals surface area contributed by atoms with Gasteiger partial charge in [-0.05, 0) is 70.8 Å². The van der Waals surface area contributed by atoms with Crippen LogP contribution in [0.3, 0.4) is 0 Å². The van der Waals surface area contributed by atoms with Gasteiger partial charge in [-0.25, -0.2) is 4.39 Å². The third-order valence-corrected chi connectivity index (χ3v) is 6.25. The fourth-order valence-electron chi connectivity index (χ4n) is 4.57. The SMILES string of the molecule is CC(C)N1C(=O)COC2(CCN(CCCC(=O)c3ccc(F)cc3)CC2)C1C. The summed E-state index contributed by atoms with van der Waals surface area (Å²) in [5.74, 6) is -0.186. The van der Waals surface area contributed by atoms with Crippen molar-refractivity contribution >= 4 is 11.7 Å². The maximum atomic E-state index is 13.0. The number of piperidine rings is 1. The first-order valence-corrected chi connectivity index (χ1v) is 10.3. The Kier molecular flexibility index (Phi) is 6.50. The Balaban J connectivity index is 1.47. The molecule has 1 amide bonds. The van der Waals surface area contributed by atoms with Crippen LogP contribution in [0.25, 0.3) is 0 Å². The first-order chi connectivity index (χ1) is 13.3. The third kappa shape index (κ3) is 4.44. The smallest absolute Gasteiger partial charge is 0.249 e. The van der Waals surface area contributed by atoms with Crippen LogP contribution in [0.15, 0.2) is 24.3 Å². The van der Waals surface area contributed by atoms with E-state index < -0.39 is 0 Å². The van der Waals surface area contributed by atoms with Crippen LogP contribution in [0, 0.1) is 5.82 Å². The molecule has 1 aromatic rings. The van der Waals surface area contributed by atoms with Gasteiger partial charge in [-0.3, -0.25) is 9.59 Å². The predicted octanol–water partition coefficient (Wildman–Crippen LogP) is 3.28. The minimum atomic E-state index is -0.323. The number of amides is 1. The molecule has 2 fully saturated rings. The van der Waals surface area contributed by atoms with Gasteiger partial charge >= 0.3 is 0 Å². The third-order valence-electron chi connectivity index (χ3n) is 6.25. The van der Waals surface area contributed by atoms with E-state index >= 15 is 0 Å². The maximum Gasteiger partial charge on any atom is 0.249 e. The molecule has 0 aliphatic carbocycles. The summed E-state index contributed by atoms with van der Waals surface area (Å²) >= 11 is 0. The summed E-state index contributed by atoms with van der Waals surface area (Å²) in [5.41, 5.74) is 0.320. The second-order valence-corrected chi connectivity index (χ2v) is 8.30. The second-order valence-electron chi connectivity index (χ2n) is 8.30. The zero-order valence-corrected chi connectivity index (χ0v) is 17.1. The van der Waals surface area contributed by atoms with Gasteiger partial charge in [-0.1, -0.05) is 0 Å². The summed E-state index contributed by atoms with van der Waals surface area (Å²) in [4.78, 5) is 28.8. The Morgan fingerprint density at radius 1 is 1.25 bits per heavy atom. The highest BCUT2D eigenvalue weighted by Gasteiger charge is 2.48. The van der Waals surface area contributed by atoms with Crippen molar-refractivity contribution in [3.63, 3.8) is 0 Å². The van der Waals surface area contributed by atoms with Crippen LogP contribution in [0.5, 0.6) is 0 Å². The zero-order valence-electron chi connectivity index (χ0n) is 17.1. The fourth-order valence-corrected chi connectivity index (χ4v) is 4.57. The van der Waals surface area contributed by atoms with Gasteiger partial charge in [0.25, 0.3) is 0 Å². The van der Waals surface area contributed by atoms with E-state index in [1.54, 1.807) is 12.1 Å². The number of nitrogens with zero attached hydrogens (tertiary/aromatic N) is 2. The molecule has 3 rings (SSSR count). The van der Waals surface area contributed by atoms with Gasteiger partial charge in [0.2, 0.25) is 5.91 Å². The normalized spacial score (nSPS) is 22.8. The number of rotatable bonds is 6. The molecule has 2 heterocycles. The molecule has 5 nitrogen and oxygen atoms in total. The van der Waals surface area contributed by atoms with E-state index in [2.05, 4.69) is 25.7 Å². The summed E-state index contributed by atoms with van der Waals surface area (Å²) in [6.45, 7) is 9.08. The van der Waals surface area contributed by atoms with Gasteiger partial charge < -0.3 is 14.5 Å². The first-order valence-electron chi connectivity index (χ1n) is 10.3. The summed E-state index contributed by atoms with van der Waals surface area (Å²) in [7, 11) is 0. The van der Waals surface area contributed by atoms with E-state index in [4.69, 9.17) is 4.74 Å². The lowest BCUT2D eigenvalue weighted by molar-refractivity contribution is -0.190. The lowest BCUT2D eigenvalue weighted by Gasteiger charge is -2.52. The van der Waals surface area contributed by atoms with Crippen molar-refractivity contribution in [1.29, 1.82) is 0 Å². The predicted molar refractivity (Wildman–Crippen MR) is 106 cm³/mol. The van der Waals surface area contributed by atoms with E-state index in [1.165, 1.54) is 12.1 Å².